The second kappa shape index (κ2) is 5.32. The highest BCUT2D eigenvalue weighted by atomic mass is 35.5. The highest BCUT2D eigenvalue weighted by Gasteiger charge is 2.16. The van der Waals surface area contributed by atoms with Crippen molar-refractivity contribution in [2.45, 2.75) is 19.9 Å². The fourth-order valence-corrected chi connectivity index (χ4v) is 1.72. The van der Waals surface area contributed by atoms with Crippen LogP contribution in [0.3, 0.4) is 0 Å². The molecule has 0 aliphatic carbocycles. The molecule has 1 N–H and O–H groups in total. The molecule has 78 valence electrons. The summed E-state index contributed by atoms with van der Waals surface area (Å²) in [5.74, 6) is 0.165. The van der Waals surface area contributed by atoms with E-state index in [4.69, 9.17) is 11.6 Å². The van der Waals surface area contributed by atoms with Crippen molar-refractivity contribution < 1.29 is 4.79 Å². The standard InChI is InChI=1S/C9H13ClN2OS/c1-6(5-10)8(13)12-7(2)9-11-3-4-14-9/h3-4,6-7H,5H2,1-2H3,(H,12,13). The third kappa shape index (κ3) is 2.96. The Bertz CT molecular complexity index is 289. The van der Waals surface area contributed by atoms with Crippen molar-refractivity contribution in [2.24, 2.45) is 5.92 Å². The average Bonchev–Trinajstić information content (AvgIpc) is 2.69. The zero-order chi connectivity index (χ0) is 10.6. The maximum Gasteiger partial charge on any atom is 0.224 e. The highest BCUT2D eigenvalue weighted by molar-refractivity contribution is 7.09. The van der Waals surface area contributed by atoms with Crippen LogP contribution in [0.25, 0.3) is 0 Å². The second-order valence-electron chi connectivity index (χ2n) is 3.16. The maximum atomic E-state index is 11.5. The van der Waals surface area contributed by atoms with Crippen LogP contribution in [0, 0.1) is 5.92 Å². The molecule has 0 saturated carbocycles. The number of rotatable bonds is 4. The van der Waals surface area contributed by atoms with E-state index in [2.05, 4.69) is 10.3 Å². The topological polar surface area (TPSA) is 42.0 Å². The maximum absolute atomic E-state index is 11.5. The number of carbonyl (C=O) groups excluding carboxylic acids is 1. The number of thiazole rings is 1. The van der Waals surface area contributed by atoms with Crippen LogP contribution < -0.4 is 5.32 Å². The first kappa shape index (κ1) is 11.5. The summed E-state index contributed by atoms with van der Waals surface area (Å²) in [4.78, 5) is 15.6. The molecular formula is C9H13ClN2OS. The summed E-state index contributed by atoms with van der Waals surface area (Å²) < 4.78 is 0. The smallest absolute Gasteiger partial charge is 0.224 e. The van der Waals surface area contributed by atoms with Crippen molar-refractivity contribution in [3.05, 3.63) is 16.6 Å². The SMILES string of the molecule is CC(CCl)C(=O)NC(C)c1nccs1. The summed E-state index contributed by atoms with van der Waals surface area (Å²) in [5, 5.41) is 5.67. The van der Waals surface area contributed by atoms with E-state index in [9.17, 15) is 4.79 Å². The van der Waals surface area contributed by atoms with Gasteiger partial charge >= 0.3 is 0 Å². The first-order valence-corrected chi connectivity index (χ1v) is 5.82. The van der Waals surface area contributed by atoms with Gasteiger partial charge in [-0.3, -0.25) is 4.79 Å². The Morgan fingerprint density at radius 1 is 1.71 bits per heavy atom. The minimum absolute atomic E-state index is 0.0253. The van der Waals surface area contributed by atoms with Gasteiger partial charge in [-0.2, -0.15) is 0 Å². The summed E-state index contributed by atoms with van der Waals surface area (Å²) in [6.07, 6.45) is 1.73. The molecule has 1 heterocycles. The van der Waals surface area contributed by atoms with Gasteiger partial charge < -0.3 is 5.32 Å². The van der Waals surface area contributed by atoms with Gasteiger partial charge in [0.1, 0.15) is 5.01 Å². The molecule has 0 saturated heterocycles. The van der Waals surface area contributed by atoms with Gasteiger partial charge in [0.25, 0.3) is 0 Å². The van der Waals surface area contributed by atoms with Gasteiger partial charge in [0.15, 0.2) is 0 Å². The second-order valence-corrected chi connectivity index (χ2v) is 4.39. The van der Waals surface area contributed by atoms with E-state index in [1.54, 1.807) is 13.1 Å². The van der Waals surface area contributed by atoms with E-state index >= 15 is 0 Å². The number of hydrogen-bond acceptors (Lipinski definition) is 3. The van der Waals surface area contributed by atoms with E-state index in [0.29, 0.717) is 5.88 Å². The molecule has 1 rings (SSSR count). The van der Waals surface area contributed by atoms with E-state index in [1.807, 2.05) is 12.3 Å². The largest absolute Gasteiger partial charge is 0.347 e. The Kier molecular flexibility index (Phi) is 4.35. The molecule has 3 nitrogen and oxygen atoms in total. The molecule has 14 heavy (non-hydrogen) atoms. The molecule has 0 fully saturated rings. The third-order valence-corrected chi connectivity index (χ3v) is 3.28. The van der Waals surface area contributed by atoms with Crippen LogP contribution in [0.1, 0.15) is 24.9 Å². The van der Waals surface area contributed by atoms with Gasteiger partial charge in [-0.25, -0.2) is 4.98 Å². The van der Waals surface area contributed by atoms with Gasteiger partial charge in [-0.15, -0.1) is 22.9 Å². The first-order chi connectivity index (χ1) is 6.65. The molecule has 0 aliphatic heterocycles. The Labute approximate surface area is 92.5 Å². The number of nitrogens with one attached hydrogen (secondary N) is 1. The Morgan fingerprint density at radius 3 is 2.93 bits per heavy atom. The van der Waals surface area contributed by atoms with E-state index < -0.39 is 0 Å². The summed E-state index contributed by atoms with van der Waals surface area (Å²) in [7, 11) is 0. The molecule has 2 atom stereocenters. The molecule has 0 bridgehead atoms. The van der Waals surface area contributed by atoms with E-state index in [-0.39, 0.29) is 17.9 Å². The molecule has 0 aromatic carbocycles. The number of halogens is 1. The van der Waals surface area contributed by atoms with Crippen LogP contribution in [0.2, 0.25) is 0 Å². The Hall–Kier alpha value is -0.610. The quantitative estimate of drug-likeness (QED) is 0.809. The summed E-state index contributed by atoms with van der Waals surface area (Å²) >= 11 is 7.11. The van der Waals surface area contributed by atoms with Crippen molar-refractivity contribution in [2.75, 3.05) is 5.88 Å². The van der Waals surface area contributed by atoms with Gasteiger partial charge in [0.05, 0.1) is 6.04 Å². The van der Waals surface area contributed by atoms with Gasteiger partial charge in [0.2, 0.25) is 5.91 Å². The number of nitrogens with zero attached hydrogens (tertiary/aromatic N) is 1. The summed E-state index contributed by atoms with van der Waals surface area (Å²) in [6.45, 7) is 3.72. The van der Waals surface area contributed by atoms with Crippen LogP contribution >= 0.6 is 22.9 Å². The molecule has 0 radical (unpaired) electrons. The normalized spacial score (nSPS) is 14.8. The predicted molar refractivity (Wildman–Crippen MR) is 58.6 cm³/mol. The fourth-order valence-electron chi connectivity index (χ4n) is 0.936. The van der Waals surface area contributed by atoms with Crippen molar-refractivity contribution in [3.8, 4) is 0 Å². The van der Waals surface area contributed by atoms with Gasteiger partial charge in [-0.05, 0) is 6.92 Å². The predicted octanol–water partition coefficient (Wildman–Crippen LogP) is 2.20. The lowest BCUT2D eigenvalue weighted by Gasteiger charge is -2.13. The van der Waals surface area contributed by atoms with Crippen molar-refractivity contribution >= 4 is 28.8 Å². The monoisotopic (exact) mass is 232 g/mol. The van der Waals surface area contributed by atoms with Crippen molar-refractivity contribution in [1.29, 1.82) is 0 Å². The first-order valence-electron chi connectivity index (χ1n) is 4.41. The highest BCUT2D eigenvalue weighted by Crippen LogP contribution is 2.15. The molecule has 2 unspecified atom stereocenters. The minimum atomic E-state index is -0.154. The van der Waals surface area contributed by atoms with Crippen LogP contribution in [0.5, 0.6) is 0 Å². The number of amides is 1. The number of aromatic nitrogens is 1. The fraction of sp³-hybridized carbons (Fsp3) is 0.556. The minimum Gasteiger partial charge on any atom is -0.347 e. The van der Waals surface area contributed by atoms with E-state index in [1.165, 1.54) is 11.3 Å². The van der Waals surface area contributed by atoms with Crippen LogP contribution in [0.4, 0.5) is 0 Å². The number of alkyl halides is 1. The number of carbonyl (C=O) groups is 1. The molecule has 5 heteroatoms. The molecule has 1 aromatic heterocycles. The lowest BCUT2D eigenvalue weighted by atomic mass is 10.2. The zero-order valence-corrected chi connectivity index (χ0v) is 9.73. The van der Waals surface area contributed by atoms with Gasteiger partial charge in [0, 0.05) is 23.4 Å². The lowest BCUT2D eigenvalue weighted by Crippen LogP contribution is -2.32. The van der Waals surface area contributed by atoms with Crippen LogP contribution in [-0.4, -0.2) is 16.8 Å². The lowest BCUT2D eigenvalue weighted by molar-refractivity contribution is -0.124. The Morgan fingerprint density at radius 2 is 2.43 bits per heavy atom. The molecule has 1 aromatic rings. The number of hydrogen-bond donors (Lipinski definition) is 1. The third-order valence-electron chi connectivity index (χ3n) is 1.86. The van der Waals surface area contributed by atoms with E-state index in [0.717, 1.165) is 5.01 Å². The van der Waals surface area contributed by atoms with Crippen LogP contribution in [-0.2, 0) is 4.79 Å². The molecule has 0 aliphatic rings. The van der Waals surface area contributed by atoms with Crippen molar-refractivity contribution in [1.82, 2.24) is 10.3 Å². The Balaban J connectivity index is 2.49. The molecular weight excluding hydrogens is 220 g/mol. The van der Waals surface area contributed by atoms with Crippen LogP contribution in [0.15, 0.2) is 11.6 Å². The van der Waals surface area contributed by atoms with Crippen molar-refractivity contribution in [3.63, 3.8) is 0 Å². The summed E-state index contributed by atoms with van der Waals surface area (Å²) in [6, 6.07) is -0.0341. The van der Waals surface area contributed by atoms with Gasteiger partial charge in [-0.1, -0.05) is 6.92 Å². The molecule has 0 spiro atoms. The summed E-state index contributed by atoms with van der Waals surface area (Å²) in [5.41, 5.74) is 0. The average molecular weight is 233 g/mol. The molecule has 1 amide bonds. The zero-order valence-electron chi connectivity index (χ0n) is 8.16.